The number of nitrogens with one attached hydrogen (secondary N) is 1. The zero-order valence-electron chi connectivity index (χ0n) is 9.75. The Morgan fingerprint density at radius 1 is 1.31 bits per heavy atom. The average Bonchev–Trinajstić information content (AvgIpc) is 2.34. The summed E-state index contributed by atoms with van der Waals surface area (Å²) in [4.78, 5) is 2.37. The summed E-state index contributed by atoms with van der Waals surface area (Å²) in [6.45, 7) is 6.15. The van der Waals surface area contributed by atoms with Gasteiger partial charge in [-0.05, 0) is 12.5 Å². The molecule has 0 aliphatic carbocycles. The molecule has 0 saturated carbocycles. The molecule has 1 aromatic carbocycles. The Hall–Kier alpha value is -0.930. The fraction of sp³-hybridized carbons (Fsp3) is 0.538. The van der Waals surface area contributed by atoms with Gasteiger partial charge in [0.15, 0.2) is 0 Å². The van der Waals surface area contributed by atoms with Crippen molar-refractivity contribution in [3.63, 3.8) is 0 Å². The van der Waals surface area contributed by atoms with Gasteiger partial charge in [0, 0.05) is 37.8 Å². The van der Waals surface area contributed by atoms with Gasteiger partial charge < -0.3 is 5.32 Å². The molecule has 1 atom stereocenters. The van der Waals surface area contributed by atoms with E-state index in [4.69, 9.17) is 0 Å². The van der Waals surface area contributed by atoms with E-state index in [9.17, 15) is 4.39 Å². The lowest BCUT2D eigenvalue weighted by atomic mass is 10.0. The fourth-order valence-corrected chi connectivity index (χ4v) is 2.41. The number of hydrogen-bond acceptors (Lipinski definition) is 2. The summed E-state index contributed by atoms with van der Waals surface area (Å²) in [6, 6.07) is 7.36. The van der Waals surface area contributed by atoms with Gasteiger partial charge in [0.2, 0.25) is 0 Å². The summed E-state index contributed by atoms with van der Waals surface area (Å²) in [6.07, 6.45) is 0.959. The van der Waals surface area contributed by atoms with Crippen molar-refractivity contribution in [3.05, 3.63) is 35.6 Å². The van der Waals surface area contributed by atoms with Crippen molar-refractivity contribution in [2.45, 2.75) is 19.4 Å². The van der Waals surface area contributed by atoms with Crippen LogP contribution in [0.25, 0.3) is 0 Å². The number of rotatable bonds is 3. The summed E-state index contributed by atoms with van der Waals surface area (Å²) in [5.41, 5.74) is 0.840. The van der Waals surface area contributed by atoms with Gasteiger partial charge in [0.25, 0.3) is 0 Å². The SMILES string of the molecule is CC[C@@H](c1ccccc1F)N1CCNCC1. The zero-order chi connectivity index (χ0) is 11.4. The lowest BCUT2D eigenvalue weighted by Gasteiger charge is -2.34. The second kappa shape index (κ2) is 5.41. The third kappa shape index (κ3) is 2.42. The van der Waals surface area contributed by atoms with Crippen LogP contribution in [-0.4, -0.2) is 31.1 Å². The monoisotopic (exact) mass is 222 g/mol. The van der Waals surface area contributed by atoms with Crippen LogP contribution in [0.3, 0.4) is 0 Å². The van der Waals surface area contributed by atoms with Gasteiger partial charge in [-0.1, -0.05) is 25.1 Å². The largest absolute Gasteiger partial charge is 0.314 e. The molecule has 1 aliphatic rings. The molecule has 2 rings (SSSR count). The number of hydrogen-bond donors (Lipinski definition) is 1. The minimum Gasteiger partial charge on any atom is -0.314 e. The first-order chi connectivity index (χ1) is 7.83. The summed E-state index contributed by atoms with van der Waals surface area (Å²) < 4.78 is 13.7. The fourth-order valence-electron chi connectivity index (χ4n) is 2.41. The lowest BCUT2D eigenvalue weighted by Crippen LogP contribution is -2.45. The Morgan fingerprint density at radius 3 is 2.62 bits per heavy atom. The van der Waals surface area contributed by atoms with Gasteiger partial charge in [-0.25, -0.2) is 4.39 Å². The van der Waals surface area contributed by atoms with Gasteiger partial charge in [-0.3, -0.25) is 4.90 Å². The smallest absolute Gasteiger partial charge is 0.127 e. The van der Waals surface area contributed by atoms with E-state index in [1.165, 1.54) is 0 Å². The summed E-state index contributed by atoms with van der Waals surface area (Å²) >= 11 is 0. The van der Waals surface area contributed by atoms with Gasteiger partial charge in [-0.15, -0.1) is 0 Å². The Bertz CT molecular complexity index is 334. The van der Waals surface area contributed by atoms with Gasteiger partial charge >= 0.3 is 0 Å². The Morgan fingerprint density at radius 2 is 2.00 bits per heavy atom. The van der Waals surface area contributed by atoms with Crippen molar-refractivity contribution in [1.29, 1.82) is 0 Å². The standard InChI is InChI=1S/C13H19FN2/c1-2-13(16-9-7-15-8-10-16)11-5-3-4-6-12(11)14/h3-6,13,15H,2,7-10H2,1H3/t13-/m0/s1. The Kier molecular flexibility index (Phi) is 3.91. The van der Waals surface area contributed by atoms with E-state index in [2.05, 4.69) is 17.1 Å². The maximum absolute atomic E-state index is 13.7. The maximum Gasteiger partial charge on any atom is 0.127 e. The summed E-state index contributed by atoms with van der Waals surface area (Å²) in [5.74, 6) is -0.0760. The topological polar surface area (TPSA) is 15.3 Å². The maximum atomic E-state index is 13.7. The molecule has 0 spiro atoms. The first-order valence-electron chi connectivity index (χ1n) is 6.02. The van der Waals surface area contributed by atoms with Gasteiger partial charge in [0.05, 0.1) is 0 Å². The van der Waals surface area contributed by atoms with Crippen molar-refractivity contribution in [2.24, 2.45) is 0 Å². The Labute approximate surface area is 96.5 Å². The van der Waals surface area contributed by atoms with Gasteiger partial charge in [0.1, 0.15) is 5.82 Å². The van der Waals surface area contributed by atoms with Crippen LogP contribution in [0.2, 0.25) is 0 Å². The number of benzene rings is 1. The molecule has 16 heavy (non-hydrogen) atoms. The lowest BCUT2D eigenvalue weighted by molar-refractivity contribution is 0.166. The van der Waals surface area contributed by atoms with E-state index in [1.807, 2.05) is 12.1 Å². The first kappa shape index (κ1) is 11.6. The van der Waals surface area contributed by atoms with Gasteiger partial charge in [-0.2, -0.15) is 0 Å². The predicted octanol–water partition coefficient (Wildman–Crippen LogP) is 2.18. The summed E-state index contributed by atoms with van der Waals surface area (Å²) in [5, 5.41) is 3.32. The van der Waals surface area contributed by atoms with Crippen molar-refractivity contribution in [2.75, 3.05) is 26.2 Å². The quantitative estimate of drug-likeness (QED) is 0.843. The van der Waals surface area contributed by atoms with Crippen LogP contribution in [0, 0.1) is 5.82 Å². The zero-order valence-corrected chi connectivity index (χ0v) is 9.75. The molecule has 1 heterocycles. The summed E-state index contributed by atoms with van der Waals surface area (Å²) in [7, 11) is 0. The third-order valence-corrected chi connectivity index (χ3v) is 3.24. The highest BCUT2D eigenvalue weighted by molar-refractivity contribution is 5.21. The molecule has 1 aromatic rings. The van der Waals surface area contributed by atoms with Crippen molar-refractivity contribution in [3.8, 4) is 0 Å². The molecule has 1 aliphatic heterocycles. The highest BCUT2D eigenvalue weighted by atomic mass is 19.1. The molecule has 88 valence electrons. The molecule has 0 aromatic heterocycles. The van der Waals surface area contributed by atoms with Crippen molar-refractivity contribution in [1.82, 2.24) is 10.2 Å². The molecule has 3 heteroatoms. The van der Waals surface area contributed by atoms with Crippen LogP contribution in [0.1, 0.15) is 24.9 Å². The second-order valence-electron chi connectivity index (χ2n) is 4.23. The minimum absolute atomic E-state index is 0.0760. The average molecular weight is 222 g/mol. The normalized spacial score (nSPS) is 19.6. The third-order valence-electron chi connectivity index (χ3n) is 3.24. The molecule has 0 radical (unpaired) electrons. The molecule has 1 N–H and O–H groups in total. The van der Waals surface area contributed by atoms with E-state index in [0.717, 1.165) is 38.2 Å². The number of nitrogens with zero attached hydrogens (tertiary/aromatic N) is 1. The first-order valence-corrected chi connectivity index (χ1v) is 6.02. The van der Waals surface area contributed by atoms with E-state index in [-0.39, 0.29) is 11.9 Å². The molecule has 0 amide bonds. The Balaban J connectivity index is 2.18. The highest BCUT2D eigenvalue weighted by Crippen LogP contribution is 2.26. The van der Waals surface area contributed by atoms with Crippen molar-refractivity contribution < 1.29 is 4.39 Å². The second-order valence-corrected chi connectivity index (χ2v) is 4.23. The van der Waals surface area contributed by atoms with Crippen LogP contribution >= 0.6 is 0 Å². The molecular formula is C13H19FN2. The van der Waals surface area contributed by atoms with Crippen LogP contribution in [-0.2, 0) is 0 Å². The van der Waals surface area contributed by atoms with E-state index >= 15 is 0 Å². The van der Waals surface area contributed by atoms with Crippen LogP contribution < -0.4 is 5.32 Å². The van der Waals surface area contributed by atoms with E-state index in [1.54, 1.807) is 12.1 Å². The van der Waals surface area contributed by atoms with Crippen LogP contribution in [0.15, 0.2) is 24.3 Å². The molecule has 1 fully saturated rings. The molecule has 2 nitrogen and oxygen atoms in total. The van der Waals surface area contributed by atoms with Crippen LogP contribution in [0.5, 0.6) is 0 Å². The van der Waals surface area contributed by atoms with Crippen LogP contribution in [0.4, 0.5) is 4.39 Å². The number of piperazine rings is 1. The predicted molar refractivity (Wildman–Crippen MR) is 63.9 cm³/mol. The molecule has 1 saturated heterocycles. The molecule has 0 bridgehead atoms. The number of halogens is 1. The van der Waals surface area contributed by atoms with E-state index in [0.29, 0.717) is 0 Å². The van der Waals surface area contributed by atoms with E-state index < -0.39 is 0 Å². The minimum atomic E-state index is -0.0760. The molecular weight excluding hydrogens is 203 g/mol. The van der Waals surface area contributed by atoms with Crippen molar-refractivity contribution >= 4 is 0 Å². The highest BCUT2D eigenvalue weighted by Gasteiger charge is 2.22. The molecule has 0 unspecified atom stereocenters.